The molecule has 1 aliphatic heterocycles. The van der Waals surface area contributed by atoms with Crippen molar-refractivity contribution in [3.05, 3.63) is 12.2 Å². The molecule has 0 radical (unpaired) electrons. The maximum absolute atomic E-state index is 11.5. The number of carbonyl (C=O) groups excluding carboxylic acids is 1. The molecule has 164 valence electrons. The number of rotatable bonds is 10. The van der Waals surface area contributed by atoms with Gasteiger partial charge in [-0.2, -0.15) is 0 Å². The highest BCUT2D eigenvalue weighted by Gasteiger charge is 2.46. The van der Waals surface area contributed by atoms with Crippen LogP contribution in [0.2, 0.25) is 0 Å². The quantitative estimate of drug-likeness (QED) is 0.155. The Balaban J connectivity index is 2.86. The second kappa shape index (κ2) is 11.1. The van der Waals surface area contributed by atoms with Crippen LogP contribution in [0.5, 0.6) is 0 Å². The lowest BCUT2D eigenvalue weighted by Crippen LogP contribution is -2.61. The monoisotopic (exact) mass is 411 g/mol. The van der Waals surface area contributed by atoms with E-state index in [1.165, 1.54) is 6.92 Å². The largest absolute Gasteiger partial charge is 0.394 e. The van der Waals surface area contributed by atoms with Gasteiger partial charge >= 0.3 is 0 Å². The van der Waals surface area contributed by atoms with Crippen LogP contribution in [0.25, 0.3) is 0 Å². The Morgan fingerprint density at radius 3 is 2.21 bits per heavy atom. The van der Waals surface area contributed by atoms with E-state index in [0.29, 0.717) is 0 Å². The van der Waals surface area contributed by atoms with Gasteiger partial charge in [-0.15, -0.1) is 0 Å². The molecule has 1 heterocycles. The SMILES string of the molecule is C=C(C)C(=O)NC[C@H](O)[C@@H](O)[C@H](O[C@@H]1O[C@H](CO)[C@H](O)[C@H](O)[C@H]1O)[C@H](O)CO. The van der Waals surface area contributed by atoms with E-state index >= 15 is 0 Å². The second-order valence-corrected chi connectivity index (χ2v) is 6.60. The number of aliphatic hydroxyl groups excluding tert-OH is 8. The van der Waals surface area contributed by atoms with E-state index in [1.54, 1.807) is 0 Å². The van der Waals surface area contributed by atoms with Crippen LogP contribution < -0.4 is 5.32 Å². The van der Waals surface area contributed by atoms with E-state index in [-0.39, 0.29) is 5.57 Å². The summed E-state index contributed by atoms with van der Waals surface area (Å²) in [6, 6.07) is 0. The minimum atomic E-state index is -1.86. The van der Waals surface area contributed by atoms with Crippen molar-refractivity contribution in [2.24, 2.45) is 0 Å². The average Bonchev–Trinajstić information content (AvgIpc) is 2.68. The topological polar surface area (TPSA) is 209 Å². The zero-order valence-corrected chi connectivity index (χ0v) is 15.3. The number of hydrogen-bond acceptors (Lipinski definition) is 11. The summed E-state index contributed by atoms with van der Waals surface area (Å²) in [4.78, 5) is 11.5. The van der Waals surface area contributed by atoms with E-state index in [4.69, 9.17) is 9.47 Å². The van der Waals surface area contributed by atoms with Crippen LogP contribution in [0.4, 0.5) is 0 Å². The highest BCUT2D eigenvalue weighted by molar-refractivity contribution is 5.92. The van der Waals surface area contributed by atoms with Gasteiger partial charge in [0.1, 0.15) is 42.7 Å². The summed E-state index contributed by atoms with van der Waals surface area (Å²) in [5, 5.41) is 80.4. The zero-order valence-electron chi connectivity index (χ0n) is 15.3. The molecule has 9 atom stereocenters. The molecule has 0 saturated carbocycles. The Morgan fingerprint density at radius 2 is 1.71 bits per heavy atom. The third-order valence-corrected chi connectivity index (χ3v) is 4.30. The van der Waals surface area contributed by atoms with Crippen LogP contribution in [-0.4, -0.2) is 122 Å². The lowest BCUT2D eigenvalue weighted by Gasteiger charge is -2.42. The fraction of sp³-hybridized carbons (Fsp3) is 0.812. The summed E-state index contributed by atoms with van der Waals surface area (Å²) in [6.07, 6.45) is -15.2. The fourth-order valence-corrected chi connectivity index (χ4v) is 2.53. The first kappa shape index (κ1) is 24.8. The molecule has 9 N–H and O–H groups in total. The molecule has 1 amide bonds. The number of ether oxygens (including phenoxy) is 2. The van der Waals surface area contributed by atoms with E-state index in [0.717, 1.165) is 0 Å². The van der Waals surface area contributed by atoms with Crippen molar-refractivity contribution in [2.75, 3.05) is 19.8 Å². The van der Waals surface area contributed by atoms with Crippen molar-refractivity contribution in [1.82, 2.24) is 5.32 Å². The van der Waals surface area contributed by atoms with E-state index < -0.39 is 80.8 Å². The number of hydrogen-bond donors (Lipinski definition) is 9. The van der Waals surface area contributed by atoms with Gasteiger partial charge in [0.05, 0.1) is 19.3 Å². The predicted octanol–water partition coefficient (Wildman–Crippen LogP) is -5.06. The minimum Gasteiger partial charge on any atom is -0.394 e. The van der Waals surface area contributed by atoms with Crippen LogP contribution in [0.15, 0.2) is 12.2 Å². The third-order valence-electron chi connectivity index (χ3n) is 4.30. The van der Waals surface area contributed by atoms with Gasteiger partial charge in [-0.25, -0.2) is 0 Å². The predicted molar refractivity (Wildman–Crippen MR) is 91.6 cm³/mol. The average molecular weight is 411 g/mol. The highest BCUT2D eigenvalue weighted by Crippen LogP contribution is 2.24. The molecule has 12 heteroatoms. The highest BCUT2D eigenvalue weighted by atomic mass is 16.7. The van der Waals surface area contributed by atoms with Gasteiger partial charge in [-0.3, -0.25) is 4.79 Å². The first-order valence-electron chi connectivity index (χ1n) is 8.59. The Hall–Kier alpha value is -1.19. The maximum Gasteiger partial charge on any atom is 0.246 e. The smallest absolute Gasteiger partial charge is 0.246 e. The molecule has 0 aliphatic carbocycles. The minimum absolute atomic E-state index is 0.159. The van der Waals surface area contributed by atoms with Crippen LogP contribution in [0.1, 0.15) is 6.92 Å². The van der Waals surface area contributed by atoms with Gasteiger partial charge in [-0.1, -0.05) is 6.58 Å². The van der Waals surface area contributed by atoms with Crippen molar-refractivity contribution >= 4 is 5.91 Å². The van der Waals surface area contributed by atoms with Gasteiger partial charge in [0, 0.05) is 12.1 Å². The Morgan fingerprint density at radius 1 is 1.11 bits per heavy atom. The van der Waals surface area contributed by atoms with Crippen LogP contribution in [0, 0.1) is 0 Å². The van der Waals surface area contributed by atoms with Crippen molar-refractivity contribution < 1.29 is 55.1 Å². The van der Waals surface area contributed by atoms with Gasteiger partial charge in [0.15, 0.2) is 6.29 Å². The Kier molecular flexibility index (Phi) is 9.86. The Labute approximate surface area is 161 Å². The van der Waals surface area contributed by atoms with E-state index in [9.17, 15) is 45.6 Å². The third kappa shape index (κ3) is 6.15. The Bertz CT molecular complexity index is 517. The number of carbonyl (C=O) groups is 1. The second-order valence-electron chi connectivity index (χ2n) is 6.60. The molecule has 1 rings (SSSR count). The first-order valence-corrected chi connectivity index (χ1v) is 8.59. The van der Waals surface area contributed by atoms with Crippen LogP contribution >= 0.6 is 0 Å². The molecule has 0 aromatic carbocycles. The summed E-state index contributed by atoms with van der Waals surface area (Å²) < 4.78 is 10.4. The van der Waals surface area contributed by atoms with Crippen molar-refractivity contribution in [3.63, 3.8) is 0 Å². The normalized spacial score (nSPS) is 32.2. The van der Waals surface area contributed by atoms with Crippen molar-refractivity contribution in [3.8, 4) is 0 Å². The van der Waals surface area contributed by atoms with Gasteiger partial charge in [0.2, 0.25) is 5.91 Å². The molecular formula is C16H29NO11. The molecule has 1 saturated heterocycles. The summed E-state index contributed by atoms with van der Waals surface area (Å²) in [5.41, 5.74) is 0.159. The molecule has 1 fully saturated rings. The van der Waals surface area contributed by atoms with E-state index in [2.05, 4.69) is 11.9 Å². The van der Waals surface area contributed by atoms with Gasteiger partial charge < -0.3 is 55.6 Å². The maximum atomic E-state index is 11.5. The lowest BCUT2D eigenvalue weighted by atomic mass is 9.98. The van der Waals surface area contributed by atoms with Crippen molar-refractivity contribution in [2.45, 2.75) is 62.0 Å². The molecular weight excluding hydrogens is 382 g/mol. The standard InChI is InChI=1S/C16H29NO11/c1-6(2)15(26)17-3-7(20)10(22)14(8(21)4-18)28-16-13(25)12(24)11(23)9(5-19)27-16/h7-14,16,18-25H,1,3-5H2,2H3,(H,17,26)/t7-,8+,9+,10+,11-,12-,13+,14+,16-/m0/s1. The molecule has 0 spiro atoms. The molecule has 0 aromatic rings. The fourth-order valence-electron chi connectivity index (χ4n) is 2.53. The summed E-state index contributed by atoms with van der Waals surface area (Å²) in [6.45, 7) is 2.77. The zero-order chi connectivity index (χ0) is 21.6. The summed E-state index contributed by atoms with van der Waals surface area (Å²) in [7, 11) is 0. The number of amides is 1. The lowest BCUT2D eigenvalue weighted by molar-refractivity contribution is -0.327. The molecule has 12 nitrogen and oxygen atoms in total. The van der Waals surface area contributed by atoms with E-state index in [1.807, 2.05) is 0 Å². The number of nitrogens with one attached hydrogen (secondary N) is 1. The molecule has 28 heavy (non-hydrogen) atoms. The molecule has 1 aliphatic rings. The number of aliphatic hydroxyl groups is 8. The molecule has 0 bridgehead atoms. The van der Waals surface area contributed by atoms with Gasteiger partial charge in [0.25, 0.3) is 0 Å². The van der Waals surface area contributed by atoms with Crippen molar-refractivity contribution in [1.29, 1.82) is 0 Å². The molecule has 0 unspecified atom stereocenters. The van der Waals surface area contributed by atoms with Gasteiger partial charge in [-0.05, 0) is 6.92 Å². The van der Waals surface area contributed by atoms with Crippen LogP contribution in [-0.2, 0) is 14.3 Å². The summed E-state index contributed by atoms with van der Waals surface area (Å²) in [5.74, 6) is -0.583. The first-order chi connectivity index (χ1) is 13.0. The molecule has 0 aromatic heterocycles. The summed E-state index contributed by atoms with van der Waals surface area (Å²) >= 11 is 0. The van der Waals surface area contributed by atoms with Crippen LogP contribution in [0.3, 0.4) is 0 Å².